The minimum absolute atomic E-state index is 0.0624. The van der Waals surface area contributed by atoms with Crippen molar-refractivity contribution in [2.24, 2.45) is 0 Å². The summed E-state index contributed by atoms with van der Waals surface area (Å²) in [7, 11) is 0. The lowest BCUT2D eigenvalue weighted by Gasteiger charge is -2.16. The summed E-state index contributed by atoms with van der Waals surface area (Å²) in [5, 5.41) is 2.73. The van der Waals surface area contributed by atoms with E-state index >= 15 is 0 Å². The van der Waals surface area contributed by atoms with Gasteiger partial charge < -0.3 is 5.32 Å². The van der Waals surface area contributed by atoms with E-state index in [0.717, 1.165) is 16.6 Å². The molecular formula is C23H18FN5O2. The zero-order valence-corrected chi connectivity index (χ0v) is 16.4. The molecule has 154 valence electrons. The Morgan fingerprint density at radius 2 is 1.87 bits per heavy atom. The van der Waals surface area contributed by atoms with Crippen LogP contribution in [0.15, 0.2) is 73.1 Å². The van der Waals surface area contributed by atoms with Crippen LogP contribution >= 0.6 is 0 Å². The highest BCUT2D eigenvalue weighted by atomic mass is 19.1. The van der Waals surface area contributed by atoms with Crippen molar-refractivity contribution in [3.63, 3.8) is 0 Å². The van der Waals surface area contributed by atoms with Gasteiger partial charge in [0.1, 0.15) is 11.9 Å². The molecule has 7 nitrogen and oxygen atoms in total. The average molecular weight is 415 g/mol. The third-order valence-corrected chi connectivity index (χ3v) is 5.25. The number of hydrogen-bond acceptors (Lipinski definition) is 4. The van der Waals surface area contributed by atoms with Crippen molar-refractivity contribution in [1.29, 1.82) is 0 Å². The molecule has 2 aromatic heterocycles. The van der Waals surface area contributed by atoms with Gasteiger partial charge in [0.2, 0.25) is 11.9 Å². The van der Waals surface area contributed by atoms with Crippen LogP contribution in [0.1, 0.15) is 18.0 Å². The third-order valence-electron chi connectivity index (χ3n) is 5.25. The molecule has 3 heterocycles. The summed E-state index contributed by atoms with van der Waals surface area (Å²) in [4.78, 5) is 36.4. The van der Waals surface area contributed by atoms with Crippen LogP contribution < -0.4 is 10.2 Å². The van der Waals surface area contributed by atoms with E-state index in [9.17, 15) is 14.0 Å². The Bertz CT molecular complexity index is 1270. The Labute approximate surface area is 177 Å². The van der Waals surface area contributed by atoms with Crippen LogP contribution in [0.4, 0.5) is 16.0 Å². The van der Waals surface area contributed by atoms with Gasteiger partial charge in [-0.2, -0.15) is 0 Å². The van der Waals surface area contributed by atoms with Crippen LogP contribution in [0.5, 0.6) is 0 Å². The van der Waals surface area contributed by atoms with Crippen molar-refractivity contribution < 1.29 is 14.0 Å². The lowest BCUT2D eigenvalue weighted by atomic mass is 10.1. The van der Waals surface area contributed by atoms with Crippen LogP contribution in [-0.4, -0.2) is 26.3 Å². The lowest BCUT2D eigenvalue weighted by molar-refractivity contribution is -0.124. The van der Waals surface area contributed by atoms with Gasteiger partial charge in [0.25, 0.3) is 5.91 Å². The second-order valence-corrected chi connectivity index (χ2v) is 7.33. The summed E-state index contributed by atoms with van der Waals surface area (Å²) in [5.74, 6) is -0.414. The van der Waals surface area contributed by atoms with Gasteiger partial charge in [0.05, 0.1) is 24.0 Å². The van der Waals surface area contributed by atoms with E-state index in [0.29, 0.717) is 18.2 Å². The smallest absolute Gasteiger partial charge is 0.253 e. The van der Waals surface area contributed by atoms with Gasteiger partial charge in [0.15, 0.2) is 0 Å². The Kier molecular flexibility index (Phi) is 4.66. The molecule has 0 saturated heterocycles. The molecule has 1 aliphatic rings. The molecule has 1 atom stereocenters. The largest absolute Gasteiger partial charge is 0.326 e. The summed E-state index contributed by atoms with van der Waals surface area (Å²) in [5.41, 5.74) is 2.88. The number of imidazole rings is 1. The number of fused-ring (bicyclic) bond motifs is 3. The van der Waals surface area contributed by atoms with Gasteiger partial charge in [0, 0.05) is 18.1 Å². The minimum Gasteiger partial charge on any atom is -0.326 e. The summed E-state index contributed by atoms with van der Waals surface area (Å²) in [6, 6.07) is 16.0. The van der Waals surface area contributed by atoms with E-state index in [4.69, 9.17) is 0 Å². The first-order chi connectivity index (χ1) is 15.1. The van der Waals surface area contributed by atoms with Crippen LogP contribution in [0.3, 0.4) is 0 Å². The maximum Gasteiger partial charge on any atom is 0.253 e. The maximum atomic E-state index is 13.3. The molecule has 1 N–H and O–H groups in total. The standard InChI is InChI=1S/C23H18FN5O2/c24-16-7-9-17(10-8-16)26-21(30)12-20-22(31)28(14-15-4-3-11-25-13-15)23-27-18-5-1-2-6-19(18)29(20)23/h1-11,13,20H,12,14H2,(H,26,30)/t20-/m0/s1. The number of pyridine rings is 1. The number of hydrogen-bond donors (Lipinski definition) is 1. The highest BCUT2D eigenvalue weighted by Gasteiger charge is 2.40. The van der Waals surface area contributed by atoms with E-state index in [2.05, 4.69) is 15.3 Å². The second-order valence-electron chi connectivity index (χ2n) is 7.33. The summed E-state index contributed by atoms with van der Waals surface area (Å²) in [6.07, 6.45) is 3.31. The average Bonchev–Trinajstić information content (AvgIpc) is 3.27. The number of aromatic nitrogens is 3. The van der Waals surface area contributed by atoms with Gasteiger partial charge in [-0.25, -0.2) is 9.37 Å². The Balaban J connectivity index is 1.46. The predicted octanol–water partition coefficient (Wildman–Crippen LogP) is 3.69. The number of amides is 2. The summed E-state index contributed by atoms with van der Waals surface area (Å²) in [6.45, 7) is 0.312. The Morgan fingerprint density at radius 1 is 1.06 bits per heavy atom. The highest BCUT2D eigenvalue weighted by molar-refractivity contribution is 6.05. The predicted molar refractivity (Wildman–Crippen MR) is 114 cm³/mol. The number of carbonyl (C=O) groups excluding carboxylic acids is 2. The Hall–Kier alpha value is -4.07. The van der Waals surface area contributed by atoms with Gasteiger partial charge in [-0.05, 0) is 48.0 Å². The van der Waals surface area contributed by atoms with Crippen molar-refractivity contribution in [2.45, 2.75) is 19.0 Å². The van der Waals surface area contributed by atoms with Crippen LogP contribution in [0.25, 0.3) is 11.0 Å². The molecule has 0 unspecified atom stereocenters. The zero-order valence-electron chi connectivity index (χ0n) is 16.4. The van der Waals surface area contributed by atoms with Crippen molar-refractivity contribution in [3.05, 3.63) is 84.4 Å². The van der Waals surface area contributed by atoms with Crippen LogP contribution in [0, 0.1) is 5.82 Å². The number of benzene rings is 2. The van der Waals surface area contributed by atoms with E-state index in [1.54, 1.807) is 17.3 Å². The van der Waals surface area contributed by atoms with E-state index in [1.165, 1.54) is 24.3 Å². The fourth-order valence-electron chi connectivity index (χ4n) is 3.84. The molecule has 4 aromatic rings. The molecule has 0 radical (unpaired) electrons. The molecule has 2 aromatic carbocycles. The summed E-state index contributed by atoms with van der Waals surface area (Å²) >= 11 is 0. The number of para-hydroxylation sites is 2. The van der Waals surface area contributed by atoms with Crippen molar-refractivity contribution in [1.82, 2.24) is 14.5 Å². The van der Waals surface area contributed by atoms with E-state index in [1.807, 2.05) is 41.0 Å². The molecule has 31 heavy (non-hydrogen) atoms. The second kappa shape index (κ2) is 7.64. The molecule has 1 aliphatic heterocycles. The van der Waals surface area contributed by atoms with Gasteiger partial charge >= 0.3 is 0 Å². The first-order valence-corrected chi connectivity index (χ1v) is 9.83. The van der Waals surface area contributed by atoms with E-state index in [-0.39, 0.29) is 24.1 Å². The first-order valence-electron chi connectivity index (χ1n) is 9.83. The normalized spacial score (nSPS) is 15.3. The van der Waals surface area contributed by atoms with Gasteiger partial charge in [-0.15, -0.1) is 0 Å². The monoisotopic (exact) mass is 415 g/mol. The highest BCUT2D eigenvalue weighted by Crippen LogP contribution is 2.37. The SMILES string of the molecule is O=C(C[C@H]1C(=O)N(Cc2cccnc2)c2nc3ccccc3n21)Nc1ccc(F)cc1. The minimum atomic E-state index is -0.723. The van der Waals surface area contributed by atoms with Crippen molar-refractivity contribution >= 4 is 34.5 Å². The van der Waals surface area contributed by atoms with Crippen LogP contribution in [0.2, 0.25) is 0 Å². The quantitative estimate of drug-likeness (QED) is 0.539. The molecule has 0 saturated carbocycles. The number of halogens is 1. The maximum absolute atomic E-state index is 13.3. The number of rotatable bonds is 5. The van der Waals surface area contributed by atoms with E-state index < -0.39 is 6.04 Å². The molecular weight excluding hydrogens is 397 g/mol. The van der Waals surface area contributed by atoms with Gasteiger partial charge in [-0.1, -0.05) is 18.2 Å². The summed E-state index contributed by atoms with van der Waals surface area (Å²) < 4.78 is 14.9. The third kappa shape index (κ3) is 3.52. The molecule has 0 fully saturated rings. The number of nitrogens with zero attached hydrogens (tertiary/aromatic N) is 4. The van der Waals surface area contributed by atoms with Crippen molar-refractivity contribution in [3.8, 4) is 0 Å². The molecule has 5 rings (SSSR count). The fourth-order valence-corrected chi connectivity index (χ4v) is 3.84. The number of nitrogens with one attached hydrogen (secondary N) is 1. The van der Waals surface area contributed by atoms with Gasteiger partial charge in [-0.3, -0.25) is 24.0 Å². The fraction of sp³-hybridized carbons (Fsp3) is 0.130. The topological polar surface area (TPSA) is 80.1 Å². The zero-order chi connectivity index (χ0) is 21.4. The number of anilines is 2. The molecule has 2 amide bonds. The lowest BCUT2D eigenvalue weighted by Crippen LogP contribution is -2.31. The molecule has 0 spiro atoms. The number of carbonyl (C=O) groups is 2. The molecule has 8 heteroatoms. The molecule has 0 aliphatic carbocycles. The molecule has 0 bridgehead atoms. The first kappa shape index (κ1) is 18.9. The van der Waals surface area contributed by atoms with Crippen molar-refractivity contribution in [2.75, 3.05) is 10.2 Å². The van der Waals surface area contributed by atoms with Crippen LogP contribution in [-0.2, 0) is 16.1 Å². The Morgan fingerprint density at radius 3 is 2.65 bits per heavy atom.